The van der Waals surface area contributed by atoms with E-state index in [1.807, 2.05) is 0 Å². The third-order valence-electron chi connectivity index (χ3n) is 12.2. The Kier molecular flexibility index (Phi) is 45.7. The van der Waals surface area contributed by atoms with Gasteiger partial charge in [-0.05, 0) is 108 Å². The average molecular weight is 856 g/mol. The van der Waals surface area contributed by atoms with Crippen molar-refractivity contribution in [2.45, 2.75) is 240 Å². The molecule has 0 aromatic heterocycles. The van der Waals surface area contributed by atoms with Crippen LogP contribution in [0.15, 0.2) is 0 Å². The molecule has 0 aliphatic heterocycles. The molecule has 2 N–H and O–H groups in total. The van der Waals surface area contributed by atoms with E-state index in [0.29, 0.717) is 44.7 Å². The molecule has 0 spiro atoms. The Morgan fingerprint density at radius 2 is 0.750 bits per heavy atom. The number of carbonyl (C=O) groups is 2. The molecule has 60 heavy (non-hydrogen) atoms. The molecule has 3 atom stereocenters. The minimum Gasteiger partial charge on any atom is -0.434 e. The maximum absolute atomic E-state index is 12.5. The van der Waals surface area contributed by atoms with Crippen molar-refractivity contribution in [1.82, 2.24) is 4.90 Å². The van der Waals surface area contributed by atoms with Gasteiger partial charge in [-0.25, -0.2) is 9.59 Å². The Labute approximate surface area is 371 Å². The average Bonchev–Trinajstić information content (AvgIpc) is 3.25. The first-order valence-electron chi connectivity index (χ1n) is 26.0. The highest BCUT2D eigenvalue weighted by atomic mass is 16.7. The Balaban J connectivity index is 4.61. The van der Waals surface area contributed by atoms with Crippen LogP contribution in [0.5, 0.6) is 0 Å². The molecule has 0 saturated carbocycles. The summed E-state index contributed by atoms with van der Waals surface area (Å²) in [7, 11) is 0. The van der Waals surface area contributed by atoms with Gasteiger partial charge in [-0.2, -0.15) is 0 Å². The third kappa shape index (κ3) is 40.5. The molecule has 0 heterocycles. The smallest absolute Gasteiger partial charge is 0.434 e. The number of hydrogen-bond acceptors (Lipinski definition) is 9. The topological polar surface area (TPSA) is 115 Å². The van der Waals surface area contributed by atoms with E-state index in [9.17, 15) is 19.8 Å². The van der Waals surface area contributed by atoms with Gasteiger partial charge in [-0.15, -0.1) is 0 Å². The standard InChI is InChI=1S/C51H101NO8/c1-5-9-13-17-20-26-35-47(33-24-16-12-8-4)45-59-50(55)57-41-31-23-29-39-52(38-28-22-30-40-53)43-49(44-54)37-32-42-58-51(56)60-46-48(34-25-19-15-11-7-3)36-27-21-18-14-10-6-2/h47-49,53-54H,5-46H2,1-4H3. The fraction of sp³-hybridized carbons (Fsp3) is 0.961. The van der Waals surface area contributed by atoms with Crippen LogP contribution in [-0.2, 0) is 18.9 Å². The summed E-state index contributed by atoms with van der Waals surface area (Å²) in [6.07, 6.45) is 36.9. The third-order valence-corrected chi connectivity index (χ3v) is 12.2. The molecule has 0 rings (SSSR count). The van der Waals surface area contributed by atoms with Crippen molar-refractivity contribution in [2.75, 3.05) is 59.3 Å². The van der Waals surface area contributed by atoms with Crippen molar-refractivity contribution in [2.24, 2.45) is 17.8 Å². The van der Waals surface area contributed by atoms with Gasteiger partial charge in [0.1, 0.15) is 0 Å². The molecule has 0 radical (unpaired) electrons. The van der Waals surface area contributed by atoms with Crippen LogP contribution in [0.2, 0.25) is 0 Å². The van der Waals surface area contributed by atoms with Crippen LogP contribution < -0.4 is 0 Å². The maximum atomic E-state index is 12.5. The molecule has 0 amide bonds. The normalized spacial score (nSPS) is 13.1. The summed E-state index contributed by atoms with van der Waals surface area (Å²) < 4.78 is 22.2. The van der Waals surface area contributed by atoms with Crippen LogP contribution in [0.4, 0.5) is 9.59 Å². The van der Waals surface area contributed by atoms with Gasteiger partial charge in [-0.3, -0.25) is 0 Å². The molecule has 9 nitrogen and oxygen atoms in total. The second-order valence-electron chi connectivity index (χ2n) is 18.1. The summed E-state index contributed by atoms with van der Waals surface area (Å²) in [4.78, 5) is 27.4. The van der Waals surface area contributed by atoms with Gasteiger partial charge < -0.3 is 34.1 Å². The minimum absolute atomic E-state index is 0.0878. The molecule has 3 unspecified atom stereocenters. The molecule has 9 heteroatoms. The summed E-state index contributed by atoms with van der Waals surface area (Å²) in [5, 5.41) is 19.5. The van der Waals surface area contributed by atoms with Crippen molar-refractivity contribution in [1.29, 1.82) is 0 Å². The highest BCUT2D eigenvalue weighted by molar-refractivity contribution is 5.60. The molecule has 0 aliphatic rings. The van der Waals surface area contributed by atoms with E-state index in [1.165, 1.54) is 135 Å². The number of aliphatic hydroxyl groups is 2. The molecule has 0 bridgehead atoms. The van der Waals surface area contributed by atoms with Gasteiger partial charge in [0.25, 0.3) is 0 Å². The van der Waals surface area contributed by atoms with E-state index in [0.717, 1.165) is 90.3 Å². The molecular weight excluding hydrogens is 755 g/mol. The van der Waals surface area contributed by atoms with Crippen LogP contribution in [0, 0.1) is 17.8 Å². The zero-order valence-corrected chi connectivity index (χ0v) is 40.2. The Bertz CT molecular complexity index is 891. The number of unbranched alkanes of at least 4 members (excludes halogenated alkanes) is 21. The Morgan fingerprint density at radius 1 is 0.400 bits per heavy atom. The fourth-order valence-corrected chi connectivity index (χ4v) is 8.22. The molecule has 0 aliphatic carbocycles. The van der Waals surface area contributed by atoms with Crippen LogP contribution in [0.1, 0.15) is 240 Å². The molecule has 0 fully saturated rings. The number of carbonyl (C=O) groups excluding carboxylic acids is 2. The maximum Gasteiger partial charge on any atom is 0.508 e. The van der Waals surface area contributed by atoms with Gasteiger partial charge in [0.15, 0.2) is 0 Å². The molecular formula is C51H101NO8. The van der Waals surface area contributed by atoms with E-state index in [4.69, 9.17) is 18.9 Å². The van der Waals surface area contributed by atoms with Gasteiger partial charge in [-0.1, -0.05) is 163 Å². The van der Waals surface area contributed by atoms with Crippen LogP contribution in [-0.4, -0.2) is 86.7 Å². The monoisotopic (exact) mass is 856 g/mol. The molecule has 358 valence electrons. The lowest BCUT2D eigenvalue weighted by atomic mass is 9.95. The second kappa shape index (κ2) is 46.9. The number of hydrogen-bond donors (Lipinski definition) is 2. The lowest BCUT2D eigenvalue weighted by molar-refractivity contribution is 0.0388. The Hall–Kier alpha value is -1.58. The number of ether oxygens (including phenoxy) is 4. The number of rotatable bonds is 47. The molecule has 0 aromatic rings. The molecule has 0 aromatic carbocycles. The lowest BCUT2D eigenvalue weighted by Crippen LogP contribution is -2.33. The zero-order chi connectivity index (χ0) is 44.0. The summed E-state index contributed by atoms with van der Waals surface area (Å²) in [6.45, 7) is 13.5. The van der Waals surface area contributed by atoms with E-state index in [1.54, 1.807) is 0 Å². The highest BCUT2D eigenvalue weighted by Gasteiger charge is 2.17. The summed E-state index contributed by atoms with van der Waals surface area (Å²) in [5.41, 5.74) is 0. The van der Waals surface area contributed by atoms with Crippen LogP contribution in [0.3, 0.4) is 0 Å². The minimum atomic E-state index is -0.567. The summed E-state index contributed by atoms with van der Waals surface area (Å²) in [5.74, 6) is 0.919. The lowest BCUT2D eigenvalue weighted by Gasteiger charge is -2.27. The predicted octanol–water partition coefficient (Wildman–Crippen LogP) is 14.4. The largest absolute Gasteiger partial charge is 0.508 e. The van der Waals surface area contributed by atoms with Gasteiger partial charge >= 0.3 is 12.3 Å². The van der Waals surface area contributed by atoms with Crippen molar-refractivity contribution < 1.29 is 38.7 Å². The summed E-state index contributed by atoms with van der Waals surface area (Å²) in [6, 6.07) is 0. The summed E-state index contributed by atoms with van der Waals surface area (Å²) >= 11 is 0. The Morgan fingerprint density at radius 3 is 1.17 bits per heavy atom. The molecule has 0 saturated heterocycles. The van der Waals surface area contributed by atoms with Crippen LogP contribution in [0.25, 0.3) is 0 Å². The van der Waals surface area contributed by atoms with Crippen molar-refractivity contribution in [3.8, 4) is 0 Å². The van der Waals surface area contributed by atoms with Gasteiger partial charge in [0.2, 0.25) is 0 Å². The van der Waals surface area contributed by atoms with Crippen LogP contribution >= 0.6 is 0 Å². The first-order valence-corrected chi connectivity index (χ1v) is 26.0. The first-order chi connectivity index (χ1) is 29.4. The van der Waals surface area contributed by atoms with Crippen molar-refractivity contribution in [3.63, 3.8) is 0 Å². The highest BCUT2D eigenvalue weighted by Crippen LogP contribution is 2.22. The van der Waals surface area contributed by atoms with E-state index >= 15 is 0 Å². The van der Waals surface area contributed by atoms with Gasteiger partial charge in [0.05, 0.1) is 26.4 Å². The first kappa shape index (κ1) is 58.4. The van der Waals surface area contributed by atoms with Crippen molar-refractivity contribution >= 4 is 12.3 Å². The quantitative estimate of drug-likeness (QED) is 0.0456. The SMILES string of the molecule is CCCCCCCCC(CCCCCC)COC(=O)OCCCCCN(CCCCCO)CC(CO)CCCOC(=O)OCC(CCCCCCC)CCCCCCCC. The van der Waals surface area contributed by atoms with E-state index in [2.05, 4.69) is 32.6 Å². The fourth-order valence-electron chi connectivity index (χ4n) is 8.22. The predicted molar refractivity (Wildman–Crippen MR) is 251 cm³/mol. The van der Waals surface area contributed by atoms with Gasteiger partial charge in [0, 0.05) is 19.8 Å². The van der Waals surface area contributed by atoms with E-state index in [-0.39, 0.29) is 19.1 Å². The zero-order valence-electron chi connectivity index (χ0n) is 40.2. The number of nitrogens with zero attached hydrogens (tertiary/aromatic N) is 1. The second-order valence-corrected chi connectivity index (χ2v) is 18.1. The van der Waals surface area contributed by atoms with E-state index < -0.39 is 12.3 Å². The van der Waals surface area contributed by atoms with Crippen molar-refractivity contribution in [3.05, 3.63) is 0 Å². The number of aliphatic hydroxyl groups excluding tert-OH is 2.